The van der Waals surface area contributed by atoms with Crippen molar-refractivity contribution in [2.45, 2.75) is 38.1 Å². The summed E-state index contributed by atoms with van der Waals surface area (Å²) in [5, 5.41) is 12.1. The number of anilines is 1. The van der Waals surface area contributed by atoms with Crippen molar-refractivity contribution in [3.63, 3.8) is 0 Å². The minimum Gasteiger partial charge on any atom is -0.356 e. The molecule has 1 saturated heterocycles. The standard InChI is InChI=1S/C24H33N5OS/c1-17-9-11-29(12-10-17)21(22-8-5-13-31-22)16-27-24(25-2)26-15-18-14-23(30)28-20-7-4-3-6-19(18)20/h3-8,13,17-18,21H,9-12,14-16H2,1-2H3,(H,28,30)(H2,25,26,27). The number of hydrogen-bond acceptors (Lipinski definition) is 4. The quantitative estimate of drug-likeness (QED) is 0.473. The molecule has 4 rings (SSSR count). The fourth-order valence-electron chi connectivity index (χ4n) is 4.55. The van der Waals surface area contributed by atoms with Crippen LogP contribution < -0.4 is 16.0 Å². The molecule has 31 heavy (non-hydrogen) atoms. The minimum absolute atomic E-state index is 0.0746. The van der Waals surface area contributed by atoms with Crippen LogP contribution in [0.25, 0.3) is 0 Å². The van der Waals surface area contributed by atoms with Gasteiger partial charge in [-0.05, 0) is 54.9 Å². The van der Waals surface area contributed by atoms with E-state index in [4.69, 9.17) is 0 Å². The Hall–Kier alpha value is -2.38. The van der Waals surface area contributed by atoms with Crippen molar-refractivity contribution in [3.05, 3.63) is 52.2 Å². The van der Waals surface area contributed by atoms with Crippen LogP contribution in [0.3, 0.4) is 0 Å². The number of benzene rings is 1. The van der Waals surface area contributed by atoms with E-state index in [1.807, 2.05) is 29.5 Å². The van der Waals surface area contributed by atoms with Crippen LogP contribution in [0.1, 0.15) is 48.6 Å². The van der Waals surface area contributed by atoms with E-state index in [0.29, 0.717) is 19.0 Å². The largest absolute Gasteiger partial charge is 0.356 e. The van der Waals surface area contributed by atoms with E-state index in [1.54, 1.807) is 7.05 Å². The first-order valence-electron chi connectivity index (χ1n) is 11.2. The van der Waals surface area contributed by atoms with Gasteiger partial charge < -0.3 is 16.0 Å². The second-order valence-corrected chi connectivity index (χ2v) is 9.60. The number of aliphatic imine (C=N–C) groups is 1. The predicted molar refractivity (Wildman–Crippen MR) is 129 cm³/mol. The molecule has 0 aliphatic carbocycles. The number of hydrogen-bond donors (Lipinski definition) is 3. The SMILES string of the molecule is CN=C(NCC1CC(=O)Nc2ccccc21)NCC(c1cccs1)N1CCC(C)CC1. The van der Waals surface area contributed by atoms with Crippen molar-refractivity contribution in [2.24, 2.45) is 10.9 Å². The van der Waals surface area contributed by atoms with Gasteiger partial charge in [-0.1, -0.05) is 31.2 Å². The van der Waals surface area contributed by atoms with Gasteiger partial charge in [-0.3, -0.25) is 14.7 Å². The van der Waals surface area contributed by atoms with Gasteiger partial charge in [0.1, 0.15) is 0 Å². The number of nitrogens with one attached hydrogen (secondary N) is 3. The normalized spacial score (nSPS) is 21.3. The van der Waals surface area contributed by atoms with Crippen LogP contribution >= 0.6 is 11.3 Å². The summed E-state index contributed by atoms with van der Waals surface area (Å²) in [6.45, 7) is 6.13. The summed E-state index contributed by atoms with van der Waals surface area (Å²) in [5.41, 5.74) is 2.11. The molecule has 0 spiro atoms. The number of fused-ring (bicyclic) bond motifs is 1. The molecule has 1 amide bonds. The molecule has 2 aliphatic heterocycles. The van der Waals surface area contributed by atoms with Gasteiger partial charge in [0.05, 0.1) is 6.04 Å². The molecule has 0 bridgehead atoms. The van der Waals surface area contributed by atoms with Crippen molar-refractivity contribution >= 4 is 28.9 Å². The van der Waals surface area contributed by atoms with E-state index in [-0.39, 0.29) is 11.8 Å². The fourth-order valence-corrected chi connectivity index (χ4v) is 5.41. The molecule has 166 valence electrons. The molecule has 1 aromatic heterocycles. The molecule has 6 nitrogen and oxygen atoms in total. The minimum atomic E-state index is 0.0746. The number of amides is 1. The zero-order chi connectivity index (χ0) is 21.6. The summed E-state index contributed by atoms with van der Waals surface area (Å²) in [5.74, 6) is 1.82. The first-order chi connectivity index (χ1) is 15.1. The summed E-state index contributed by atoms with van der Waals surface area (Å²) in [7, 11) is 1.81. The summed E-state index contributed by atoms with van der Waals surface area (Å²) in [6, 6.07) is 12.8. The Labute approximate surface area is 189 Å². The second-order valence-electron chi connectivity index (χ2n) is 8.62. The van der Waals surface area contributed by atoms with Crippen LogP contribution in [0.5, 0.6) is 0 Å². The number of thiophene rings is 1. The highest BCUT2D eigenvalue weighted by molar-refractivity contribution is 7.10. The molecule has 2 unspecified atom stereocenters. The highest BCUT2D eigenvalue weighted by Crippen LogP contribution is 2.31. The molecule has 0 saturated carbocycles. The van der Waals surface area contributed by atoms with E-state index < -0.39 is 0 Å². The molecule has 2 aromatic rings. The molecule has 0 radical (unpaired) electrons. The van der Waals surface area contributed by atoms with Gasteiger partial charge in [0, 0.05) is 43.0 Å². The highest BCUT2D eigenvalue weighted by Gasteiger charge is 2.27. The Morgan fingerprint density at radius 2 is 2.03 bits per heavy atom. The Morgan fingerprint density at radius 3 is 2.77 bits per heavy atom. The van der Waals surface area contributed by atoms with Crippen molar-refractivity contribution in [1.29, 1.82) is 0 Å². The van der Waals surface area contributed by atoms with E-state index in [2.05, 4.69) is 56.3 Å². The summed E-state index contributed by atoms with van der Waals surface area (Å²) in [6.07, 6.45) is 3.01. The number of carbonyl (C=O) groups excluding carboxylic acids is 1. The van der Waals surface area contributed by atoms with Crippen molar-refractivity contribution in [1.82, 2.24) is 15.5 Å². The highest BCUT2D eigenvalue weighted by atomic mass is 32.1. The lowest BCUT2D eigenvalue weighted by atomic mass is 9.90. The van der Waals surface area contributed by atoms with Crippen LogP contribution in [0.4, 0.5) is 5.69 Å². The Balaban J connectivity index is 1.37. The average molecular weight is 440 g/mol. The first kappa shape index (κ1) is 21.8. The number of guanidine groups is 1. The summed E-state index contributed by atoms with van der Waals surface area (Å²) >= 11 is 1.83. The summed E-state index contributed by atoms with van der Waals surface area (Å²) < 4.78 is 0. The number of carbonyl (C=O) groups is 1. The lowest BCUT2D eigenvalue weighted by Crippen LogP contribution is -2.46. The van der Waals surface area contributed by atoms with Gasteiger partial charge in [-0.15, -0.1) is 11.3 Å². The molecular formula is C24H33N5OS. The Kier molecular flexibility index (Phi) is 7.25. The third kappa shape index (κ3) is 5.46. The van der Waals surface area contributed by atoms with E-state index in [9.17, 15) is 4.79 Å². The topological polar surface area (TPSA) is 68.8 Å². The molecular weight excluding hydrogens is 406 g/mol. The maximum absolute atomic E-state index is 12.1. The Bertz CT molecular complexity index is 889. The van der Waals surface area contributed by atoms with Crippen LogP contribution in [0.2, 0.25) is 0 Å². The Morgan fingerprint density at radius 1 is 1.23 bits per heavy atom. The lowest BCUT2D eigenvalue weighted by Gasteiger charge is -2.36. The van der Waals surface area contributed by atoms with Crippen LogP contribution in [-0.2, 0) is 4.79 Å². The van der Waals surface area contributed by atoms with E-state index in [0.717, 1.165) is 37.2 Å². The van der Waals surface area contributed by atoms with Crippen molar-refractivity contribution in [2.75, 3.05) is 38.5 Å². The maximum Gasteiger partial charge on any atom is 0.225 e. The zero-order valence-corrected chi connectivity index (χ0v) is 19.3. The third-order valence-corrected chi connectivity index (χ3v) is 7.41. The predicted octanol–water partition coefficient (Wildman–Crippen LogP) is 3.81. The summed E-state index contributed by atoms with van der Waals surface area (Å²) in [4.78, 5) is 20.5. The molecule has 3 N–H and O–H groups in total. The van der Waals surface area contributed by atoms with Gasteiger partial charge in [-0.2, -0.15) is 0 Å². The van der Waals surface area contributed by atoms with Gasteiger partial charge in [0.15, 0.2) is 5.96 Å². The molecule has 3 heterocycles. The first-order valence-corrected chi connectivity index (χ1v) is 12.1. The van der Waals surface area contributed by atoms with Crippen LogP contribution in [0, 0.1) is 5.92 Å². The molecule has 2 atom stereocenters. The van der Waals surface area contributed by atoms with Gasteiger partial charge in [-0.25, -0.2) is 0 Å². The monoisotopic (exact) mass is 439 g/mol. The van der Waals surface area contributed by atoms with E-state index >= 15 is 0 Å². The molecule has 1 fully saturated rings. The van der Waals surface area contributed by atoms with Gasteiger partial charge in [0.2, 0.25) is 5.91 Å². The van der Waals surface area contributed by atoms with Gasteiger partial charge >= 0.3 is 0 Å². The molecule has 7 heteroatoms. The number of para-hydroxylation sites is 1. The van der Waals surface area contributed by atoms with Crippen LogP contribution in [-0.4, -0.2) is 50.0 Å². The van der Waals surface area contributed by atoms with Crippen molar-refractivity contribution < 1.29 is 4.79 Å². The van der Waals surface area contributed by atoms with Gasteiger partial charge in [0.25, 0.3) is 0 Å². The third-order valence-electron chi connectivity index (χ3n) is 6.44. The average Bonchev–Trinajstić information content (AvgIpc) is 3.31. The van der Waals surface area contributed by atoms with Crippen LogP contribution in [0.15, 0.2) is 46.8 Å². The zero-order valence-electron chi connectivity index (χ0n) is 18.4. The molecule has 2 aliphatic rings. The van der Waals surface area contributed by atoms with Crippen molar-refractivity contribution in [3.8, 4) is 0 Å². The van der Waals surface area contributed by atoms with E-state index in [1.165, 1.54) is 23.3 Å². The number of rotatable bonds is 6. The maximum atomic E-state index is 12.1. The number of likely N-dealkylation sites (tertiary alicyclic amines) is 1. The lowest BCUT2D eigenvalue weighted by molar-refractivity contribution is -0.116. The smallest absolute Gasteiger partial charge is 0.225 e. The number of nitrogens with zero attached hydrogens (tertiary/aromatic N) is 2. The second kappa shape index (κ2) is 10.3. The molecule has 1 aromatic carbocycles. The number of piperidine rings is 1. The fraction of sp³-hybridized carbons (Fsp3) is 0.500.